The minimum absolute atomic E-state index is 0.384. The Labute approximate surface area is 125 Å². The van der Waals surface area contributed by atoms with E-state index < -0.39 is 6.10 Å². The van der Waals surface area contributed by atoms with Crippen molar-refractivity contribution in [1.82, 2.24) is 9.88 Å². The van der Waals surface area contributed by atoms with Gasteiger partial charge in [-0.05, 0) is 19.9 Å². The van der Waals surface area contributed by atoms with Gasteiger partial charge in [0.1, 0.15) is 0 Å². The van der Waals surface area contributed by atoms with Crippen LogP contribution in [0.1, 0.15) is 48.7 Å². The molecule has 1 aromatic heterocycles. The molecule has 1 saturated carbocycles. The van der Waals surface area contributed by atoms with Gasteiger partial charge in [-0.15, -0.1) is 11.3 Å². The van der Waals surface area contributed by atoms with E-state index in [0.29, 0.717) is 19.1 Å². The van der Waals surface area contributed by atoms with Crippen molar-refractivity contribution in [3.8, 4) is 0 Å². The SMILES string of the molecule is COCC(O)CN(C)Cc1csc(C2CCCCC2)n1. The maximum atomic E-state index is 9.72. The van der Waals surface area contributed by atoms with Crippen molar-refractivity contribution in [2.75, 3.05) is 27.3 Å². The lowest BCUT2D eigenvalue weighted by atomic mass is 9.90. The molecule has 0 aromatic carbocycles. The maximum absolute atomic E-state index is 9.72. The highest BCUT2D eigenvalue weighted by atomic mass is 32.1. The Hall–Kier alpha value is -0.490. The number of aliphatic hydroxyl groups is 1. The van der Waals surface area contributed by atoms with Crippen molar-refractivity contribution in [3.05, 3.63) is 16.1 Å². The van der Waals surface area contributed by atoms with Crippen molar-refractivity contribution in [3.63, 3.8) is 0 Å². The van der Waals surface area contributed by atoms with Crippen molar-refractivity contribution in [1.29, 1.82) is 0 Å². The lowest BCUT2D eigenvalue weighted by molar-refractivity contribution is 0.0417. The summed E-state index contributed by atoms with van der Waals surface area (Å²) in [5.41, 5.74) is 1.13. The quantitative estimate of drug-likeness (QED) is 0.840. The number of thiazole rings is 1. The lowest BCUT2D eigenvalue weighted by Gasteiger charge is -2.20. The van der Waals surface area contributed by atoms with Gasteiger partial charge in [0.05, 0.1) is 23.4 Å². The normalized spacial score (nSPS) is 18.6. The molecule has 114 valence electrons. The molecule has 0 amide bonds. The summed E-state index contributed by atoms with van der Waals surface area (Å²) in [5.74, 6) is 0.687. The van der Waals surface area contributed by atoms with E-state index in [0.717, 1.165) is 12.2 Å². The summed E-state index contributed by atoms with van der Waals surface area (Å²) in [6.45, 7) is 1.79. The molecule has 1 unspecified atom stereocenters. The second-order valence-electron chi connectivity index (χ2n) is 5.82. The average molecular weight is 298 g/mol. The molecule has 5 heteroatoms. The van der Waals surface area contributed by atoms with E-state index in [-0.39, 0.29) is 0 Å². The van der Waals surface area contributed by atoms with Crippen LogP contribution in [0.4, 0.5) is 0 Å². The van der Waals surface area contributed by atoms with Crippen LogP contribution in [-0.4, -0.2) is 48.4 Å². The van der Waals surface area contributed by atoms with E-state index >= 15 is 0 Å². The van der Waals surface area contributed by atoms with Gasteiger partial charge in [-0.3, -0.25) is 4.90 Å². The zero-order valence-corrected chi connectivity index (χ0v) is 13.4. The van der Waals surface area contributed by atoms with Crippen LogP contribution in [0.2, 0.25) is 0 Å². The topological polar surface area (TPSA) is 45.6 Å². The van der Waals surface area contributed by atoms with E-state index in [4.69, 9.17) is 9.72 Å². The molecule has 1 aliphatic carbocycles. The number of likely N-dealkylation sites (N-methyl/N-ethyl adjacent to an activating group) is 1. The van der Waals surface area contributed by atoms with Gasteiger partial charge in [0.2, 0.25) is 0 Å². The van der Waals surface area contributed by atoms with Gasteiger partial charge in [-0.2, -0.15) is 0 Å². The highest BCUT2D eigenvalue weighted by Gasteiger charge is 2.19. The number of hydrogen-bond acceptors (Lipinski definition) is 5. The highest BCUT2D eigenvalue weighted by Crippen LogP contribution is 2.34. The largest absolute Gasteiger partial charge is 0.389 e. The van der Waals surface area contributed by atoms with Crippen molar-refractivity contribution < 1.29 is 9.84 Å². The van der Waals surface area contributed by atoms with Crippen LogP contribution in [0, 0.1) is 0 Å². The molecule has 0 aliphatic heterocycles. The highest BCUT2D eigenvalue weighted by molar-refractivity contribution is 7.09. The third-order valence-electron chi connectivity index (χ3n) is 3.84. The molecular weight excluding hydrogens is 272 g/mol. The van der Waals surface area contributed by atoms with Crippen LogP contribution in [0.3, 0.4) is 0 Å². The molecule has 1 fully saturated rings. The molecule has 0 spiro atoms. The Kier molecular flexibility index (Phi) is 6.42. The first-order valence-electron chi connectivity index (χ1n) is 7.49. The van der Waals surface area contributed by atoms with Crippen molar-refractivity contribution in [2.45, 2.75) is 50.7 Å². The van der Waals surface area contributed by atoms with E-state index in [9.17, 15) is 5.11 Å². The molecule has 2 rings (SSSR count). The van der Waals surface area contributed by atoms with Crippen LogP contribution in [-0.2, 0) is 11.3 Å². The summed E-state index contributed by atoms with van der Waals surface area (Å²) < 4.78 is 4.95. The van der Waals surface area contributed by atoms with Gasteiger partial charge >= 0.3 is 0 Å². The molecule has 0 bridgehead atoms. The Morgan fingerprint density at radius 3 is 2.90 bits per heavy atom. The number of ether oxygens (including phenoxy) is 1. The van der Waals surface area contributed by atoms with E-state index in [1.807, 2.05) is 7.05 Å². The van der Waals surface area contributed by atoms with Crippen molar-refractivity contribution in [2.24, 2.45) is 0 Å². The summed E-state index contributed by atoms with van der Waals surface area (Å²) >= 11 is 1.80. The molecule has 20 heavy (non-hydrogen) atoms. The second kappa shape index (κ2) is 8.08. The zero-order chi connectivity index (χ0) is 14.4. The number of aromatic nitrogens is 1. The molecule has 4 nitrogen and oxygen atoms in total. The smallest absolute Gasteiger partial charge is 0.0959 e. The zero-order valence-electron chi connectivity index (χ0n) is 12.5. The van der Waals surface area contributed by atoms with E-state index in [1.54, 1.807) is 18.4 Å². The third-order valence-corrected chi connectivity index (χ3v) is 4.89. The van der Waals surface area contributed by atoms with Gasteiger partial charge in [0.15, 0.2) is 0 Å². The van der Waals surface area contributed by atoms with Crippen LogP contribution in [0.15, 0.2) is 5.38 Å². The minimum atomic E-state index is -0.429. The lowest BCUT2D eigenvalue weighted by Crippen LogP contribution is -2.31. The van der Waals surface area contributed by atoms with Crippen LogP contribution in [0.25, 0.3) is 0 Å². The molecule has 1 aromatic rings. The van der Waals surface area contributed by atoms with Gasteiger partial charge in [0, 0.05) is 31.5 Å². The molecular formula is C15H26N2O2S. The van der Waals surface area contributed by atoms with Crippen LogP contribution in [0.5, 0.6) is 0 Å². The fraction of sp³-hybridized carbons (Fsp3) is 0.800. The van der Waals surface area contributed by atoms with Gasteiger partial charge in [0.25, 0.3) is 0 Å². The summed E-state index contributed by atoms with van der Waals surface area (Å²) in [5, 5.41) is 13.2. The Morgan fingerprint density at radius 2 is 2.20 bits per heavy atom. The average Bonchev–Trinajstić information content (AvgIpc) is 2.88. The van der Waals surface area contributed by atoms with Crippen LogP contribution >= 0.6 is 11.3 Å². The monoisotopic (exact) mass is 298 g/mol. The Balaban J connectivity index is 1.82. The van der Waals surface area contributed by atoms with Gasteiger partial charge < -0.3 is 9.84 Å². The number of hydrogen-bond donors (Lipinski definition) is 1. The Bertz CT molecular complexity index is 391. The predicted octanol–water partition coefficient (Wildman–Crippen LogP) is 2.63. The van der Waals surface area contributed by atoms with Crippen molar-refractivity contribution >= 4 is 11.3 Å². The number of aliphatic hydroxyl groups excluding tert-OH is 1. The minimum Gasteiger partial charge on any atom is -0.389 e. The molecule has 1 aliphatic rings. The summed E-state index contributed by atoms with van der Waals surface area (Å²) in [6, 6.07) is 0. The fourth-order valence-corrected chi connectivity index (χ4v) is 3.86. The molecule has 0 radical (unpaired) electrons. The number of nitrogens with zero attached hydrogens (tertiary/aromatic N) is 2. The molecule has 1 heterocycles. The predicted molar refractivity (Wildman–Crippen MR) is 82.2 cm³/mol. The first kappa shape index (κ1) is 15.9. The molecule has 0 saturated heterocycles. The first-order chi connectivity index (χ1) is 9.69. The summed E-state index contributed by atoms with van der Waals surface area (Å²) in [6.07, 6.45) is 6.26. The van der Waals surface area contributed by atoms with Gasteiger partial charge in [-0.25, -0.2) is 4.98 Å². The summed E-state index contributed by atoms with van der Waals surface area (Å²) in [7, 11) is 3.62. The number of rotatable bonds is 7. The number of methoxy groups -OCH3 is 1. The fourth-order valence-electron chi connectivity index (χ4n) is 2.88. The third kappa shape index (κ3) is 4.81. The molecule has 1 N–H and O–H groups in total. The first-order valence-corrected chi connectivity index (χ1v) is 8.37. The van der Waals surface area contributed by atoms with Crippen LogP contribution < -0.4 is 0 Å². The second-order valence-corrected chi connectivity index (χ2v) is 6.71. The van der Waals surface area contributed by atoms with E-state index in [1.165, 1.54) is 37.1 Å². The van der Waals surface area contributed by atoms with E-state index in [2.05, 4.69) is 10.3 Å². The summed E-state index contributed by atoms with van der Waals surface area (Å²) in [4.78, 5) is 6.89. The van der Waals surface area contributed by atoms with Gasteiger partial charge in [-0.1, -0.05) is 19.3 Å². The maximum Gasteiger partial charge on any atom is 0.0959 e. The standard InChI is InChI=1S/C15H26N2O2S/c1-17(9-14(18)10-19-2)8-13-11-20-15(16-13)12-6-4-3-5-7-12/h11-12,14,18H,3-10H2,1-2H3. The Morgan fingerprint density at radius 1 is 1.45 bits per heavy atom. The molecule has 1 atom stereocenters.